The van der Waals surface area contributed by atoms with Gasteiger partial charge in [-0.15, -0.1) is 0 Å². The van der Waals surface area contributed by atoms with Gasteiger partial charge in [0.25, 0.3) is 5.91 Å². The molecular formula is C25H22N2O5. The average Bonchev–Trinajstić information content (AvgIpc) is 3.17. The van der Waals surface area contributed by atoms with E-state index in [4.69, 9.17) is 14.2 Å². The van der Waals surface area contributed by atoms with Crippen molar-refractivity contribution in [1.82, 2.24) is 0 Å². The number of amides is 2. The van der Waals surface area contributed by atoms with Crippen molar-refractivity contribution >= 4 is 23.2 Å². The Balaban J connectivity index is 1.53. The van der Waals surface area contributed by atoms with E-state index in [1.54, 1.807) is 30.2 Å². The molecule has 2 amide bonds. The molecule has 7 heteroatoms. The van der Waals surface area contributed by atoms with Crippen molar-refractivity contribution in [1.29, 1.82) is 0 Å². The van der Waals surface area contributed by atoms with Crippen molar-refractivity contribution in [3.63, 3.8) is 0 Å². The molecule has 0 fully saturated rings. The fourth-order valence-electron chi connectivity index (χ4n) is 4.19. The van der Waals surface area contributed by atoms with Crippen LogP contribution < -0.4 is 24.4 Å². The molecule has 162 valence electrons. The van der Waals surface area contributed by atoms with Crippen LogP contribution in [0, 0.1) is 0 Å². The van der Waals surface area contributed by atoms with Gasteiger partial charge in [-0.1, -0.05) is 36.4 Å². The van der Waals surface area contributed by atoms with Gasteiger partial charge in [0.15, 0.2) is 11.5 Å². The zero-order chi connectivity index (χ0) is 22.2. The van der Waals surface area contributed by atoms with Crippen molar-refractivity contribution in [3.05, 3.63) is 77.4 Å². The molecule has 3 aromatic rings. The molecular weight excluding hydrogens is 408 g/mol. The van der Waals surface area contributed by atoms with Crippen molar-refractivity contribution < 1.29 is 23.8 Å². The second-order valence-electron chi connectivity index (χ2n) is 7.70. The molecule has 0 radical (unpaired) electrons. The van der Waals surface area contributed by atoms with Crippen LogP contribution in [-0.2, 0) is 17.8 Å². The lowest BCUT2D eigenvalue weighted by molar-refractivity contribution is -0.117. The minimum Gasteiger partial charge on any atom is -0.497 e. The summed E-state index contributed by atoms with van der Waals surface area (Å²) in [5.41, 5.74) is 3.36. The monoisotopic (exact) mass is 430 g/mol. The summed E-state index contributed by atoms with van der Waals surface area (Å²) in [6.07, 6.45) is 0.444. The van der Waals surface area contributed by atoms with Gasteiger partial charge in [0.2, 0.25) is 5.91 Å². The first-order valence-corrected chi connectivity index (χ1v) is 10.3. The maximum Gasteiger partial charge on any atom is 0.261 e. The number of carbonyl (C=O) groups is 2. The van der Waals surface area contributed by atoms with Crippen LogP contribution >= 0.6 is 0 Å². The van der Waals surface area contributed by atoms with Crippen molar-refractivity contribution in [2.45, 2.75) is 19.1 Å². The summed E-state index contributed by atoms with van der Waals surface area (Å²) in [4.78, 5) is 28.2. The van der Waals surface area contributed by atoms with Gasteiger partial charge in [0, 0.05) is 18.6 Å². The Morgan fingerprint density at radius 1 is 0.969 bits per heavy atom. The SMILES string of the molecule is COc1ccc2c(c1)N1C(=O)c3cc(OC)c(OCc4ccccc4)cc3NC(=O)[C@@H]1C2. The Morgan fingerprint density at radius 2 is 1.78 bits per heavy atom. The highest BCUT2D eigenvalue weighted by Crippen LogP contribution is 2.42. The molecule has 2 aliphatic rings. The highest BCUT2D eigenvalue weighted by molar-refractivity contribution is 6.20. The molecule has 3 aromatic carbocycles. The minimum atomic E-state index is -0.628. The molecule has 32 heavy (non-hydrogen) atoms. The fraction of sp³-hybridized carbons (Fsp3) is 0.200. The summed E-state index contributed by atoms with van der Waals surface area (Å²) in [5.74, 6) is 0.983. The number of hydrogen-bond donors (Lipinski definition) is 1. The second-order valence-corrected chi connectivity index (χ2v) is 7.70. The molecule has 2 aliphatic heterocycles. The summed E-state index contributed by atoms with van der Waals surface area (Å²) >= 11 is 0. The minimum absolute atomic E-state index is 0.244. The van der Waals surface area contributed by atoms with E-state index in [0.717, 1.165) is 11.1 Å². The smallest absolute Gasteiger partial charge is 0.261 e. The lowest BCUT2D eigenvalue weighted by atomic mass is 10.1. The Labute approximate surface area is 185 Å². The molecule has 0 spiro atoms. The van der Waals surface area contributed by atoms with Crippen LogP contribution in [0.15, 0.2) is 60.7 Å². The van der Waals surface area contributed by atoms with Gasteiger partial charge in [0.1, 0.15) is 18.4 Å². The van der Waals surface area contributed by atoms with E-state index >= 15 is 0 Å². The molecule has 0 saturated carbocycles. The van der Waals surface area contributed by atoms with Crippen LogP contribution in [-0.4, -0.2) is 32.1 Å². The first-order valence-electron chi connectivity index (χ1n) is 10.3. The summed E-state index contributed by atoms with van der Waals surface area (Å²) in [7, 11) is 3.10. The van der Waals surface area contributed by atoms with Crippen LogP contribution in [0.3, 0.4) is 0 Å². The standard InChI is InChI=1S/C25H22N2O5/c1-30-17-9-8-16-10-21-24(28)26-19-13-23(32-14-15-6-4-3-5-7-15)22(31-2)12-18(19)25(29)27(21)20(16)11-17/h3-9,11-13,21H,10,14H2,1-2H3,(H,26,28)/t21-/m0/s1. The number of benzene rings is 3. The van der Waals surface area contributed by atoms with Gasteiger partial charge in [0.05, 0.1) is 31.2 Å². The zero-order valence-electron chi connectivity index (χ0n) is 17.8. The molecule has 0 aliphatic carbocycles. The molecule has 1 atom stereocenters. The molecule has 1 N–H and O–H groups in total. The van der Waals surface area contributed by atoms with Crippen molar-refractivity contribution in [2.75, 3.05) is 24.4 Å². The largest absolute Gasteiger partial charge is 0.497 e. The summed E-state index contributed by atoms with van der Waals surface area (Å²) in [6.45, 7) is 0.333. The maximum atomic E-state index is 13.6. The van der Waals surface area contributed by atoms with Crippen LogP contribution in [0.4, 0.5) is 11.4 Å². The van der Waals surface area contributed by atoms with Crippen LogP contribution in [0.25, 0.3) is 0 Å². The van der Waals surface area contributed by atoms with Gasteiger partial charge in [-0.05, 0) is 23.3 Å². The van der Waals surface area contributed by atoms with E-state index in [2.05, 4.69) is 5.32 Å². The Morgan fingerprint density at radius 3 is 2.53 bits per heavy atom. The molecule has 0 saturated heterocycles. The summed E-state index contributed by atoms with van der Waals surface area (Å²) < 4.78 is 16.8. The molecule has 0 unspecified atom stereocenters. The topological polar surface area (TPSA) is 77.1 Å². The van der Waals surface area contributed by atoms with Gasteiger partial charge in [-0.2, -0.15) is 0 Å². The number of hydrogen-bond acceptors (Lipinski definition) is 5. The van der Waals surface area contributed by atoms with Crippen LogP contribution in [0.5, 0.6) is 17.2 Å². The number of carbonyl (C=O) groups excluding carboxylic acids is 2. The number of methoxy groups -OCH3 is 2. The van der Waals surface area contributed by atoms with E-state index in [-0.39, 0.29) is 11.8 Å². The third-order valence-electron chi connectivity index (χ3n) is 5.83. The number of rotatable bonds is 5. The Hall–Kier alpha value is -4.00. The third kappa shape index (κ3) is 3.32. The van der Waals surface area contributed by atoms with Gasteiger partial charge < -0.3 is 19.5 Å². The van der Waals surface area contributed by atoms with Gasteiger partial charge in [-0.25, -0.2) is 0 Å². The number of anilines is 2. The summed E-state index contributed by atoms with van der Waals surface area (Å²) in [5, 5.41) is 2.91. The average molecular weight is 430 g/mol. The highest BCUT2D eigenvalue weighted by atomic mass is 16.5. The lowest BCUT2D eigenvalue weighted by Gasteiger charge is -2.22. The van der Waals surface area contributed by atoms with E-state index < -0.39 is 6.04 Å². The lowest BCUT2D eigenvalue weighted by Crippen LogP contribution is -2.42. The van der Waals surface area contributed by atoms with E-state index in [0.29, 0.717) is 47.2 Å². The van der Waals surface area contributed by atoms with Crippen molar-refractivity contribution in [2.24, 2.45) is 0 Å². The van der Waals surface area contributed by atoms with Crippen molar-refractivity contribution in [3.8, 4) is 17.2 Å². The Kier molecular flexibility index (Phi) is 4.93. The molecule has 2 heterocycles. The molecule has 0 bridgehead atoms. The van der Waals surface area contributed by atoms with Gasteiger partial charge in [-0.3, -0.25) is 14.5 Å². The zero-order valence-corrected chi connectivity index (χ0v) is 17.8. The first kappa shape index (κ1) is 19.9. The first-order chi connectivity index (χ1) is 15.6. The quantitative estimate of drug-likeness (QED) is 0.666. The highest BCUT2D eigenvalue weighted by Gasteiger charge is 2.42. The van der Waals surface area contributed by atoms with Gasteiger partial charge >= 0.3 is 0 Å². The number of ether oxygens (including phenoxy) is 3. The van der Waals surface area contributed by atoms with Crippen LogP contribution in [0.1, 0.15) is 21.5 Å². The van der Waals surface area contributed by atoms with E-state index in [1.807, 2.05) is 42.5 Å². The number of nitrogens with one attached hydrogen (secondary N) is 1. The maximum absolute atomic E-state index is 13.6. The van der Waals surface area contributed by atoms with E-state index in [9.17, 15) is 9.59 Å². The molecule has 7 nitrogen and oxygen atoms in total. The van der Waals surface area contributed by atoms with E-state index in [1.165, 1.54) is 7.11 Å². The fourth-order valence-corrected chi connectivity index (χ4v) is 4.19. The summed E-state index contributed by atoms with van der Waals surface area (Å²) in [6, 6.07) is 17.9. The number of fused-ring (bicyclic) bond motifs is 4. The van der Waals surface area contributed by atoms with Crippen LogP contribution in [0.2, 0.25) is 0 Å². The molecule has 0 aromatic heterocycles. The predicted octanol–water partition coefficient (Wildman–Crippen LogP) is 3.81. The second kappa shape index (κ2) is 7.92. The molecule has 5 rings (SSSR count). The number of nitrogens with zero attached hydrogens (tertiary/aromatic N) is 1. The normalized spacial score (nSPS) is 16.4. The third-order valence-corrected chi connectivity index (χ3v) is 5.83. The Bertz CT molecular complexity index is 1210. The predicted molar refractivity (Wildman–Crippen MR) is 120 cm³/mol.